The van der Waals surface area contributed by atoms with Gasteiger partial charge in [-0.25, -0.2) is 0 Å². The van der Waals surface area contributed by atoms with E-state index in [2.05, 4.69) is 146 Å². The van der Waals surface area contributed by atoms with Gasteiger partial charge in [-0.1, -0.05) is 109 Å². The first kappa shape index (κ1) is 26.3. The van der Waals surface area contributed by atoms with Crippen LogP contribution in [0.1, 0.15) is 25.0 Å². The van der Waals surface area contributed by atoms with Crippen molar-refractivity contribution in [2.45, 2.75) is 13.8 Å². The molecule has 0 atom stereocenters. The monoisotopic (exact) mass is 565 g/mol. The van der Waals surface area contributed by atoms with E-state index >= 15 is 0 Å². The van der Waals surface area contributed by atoms with E-state index in [9.17, 15) is 0 Å². The Kier molecular flexibility index (Phi) is 6.42. The molecule has 6 aromatic rings. The lowest BCUT2D eigenvalue weighted by Gasteiger charge is -2.23. The lowest BCUT2D eigenvalue weighted by molar-refractivity contribution is 0.973. The summed E-state index contributed by atoms with van der Waals surface area (Å²) >= 11 is 0. The summed E-state index contributed by atoms with van der Waals surface area (Å²) in [5.74, 6) is 0. The quantitative estimate of drug-likeness (QED) is 0.211. The molecule has 1 N–H and O–H groups in total. The van der Waals surface area contributed by atoms with Crippen LogP contribution in [0.15, 0.2) is 145 Å². The molecule has 6 aromatic carbocycles. The summed E-state index contributed by atoms with van der Waals surface area (Å²) in [6, 6.07) is 40.7. The molecule has 0 unspecified atom stereocenters. The number of hydrogen-bond acceptors (Lipinski definition) is 1. The number of fused-ring (bicyclic) bond motifs is 6. The van der Waals surface area contributed by atoms with Crippen LogP contribution in [0.25, 0.3) is 71.0 Å². The third-order valence-electron chi connectivity index (χ3n) is 9.29. The molecule has 0 spiro atoms. The highest BCUT2D eigenvalue weighted by Gasteiger charge is 2.13. The normalized spacial score (nSPS) is 14.9. The number of nitrogens with one attached hydrogen (secondary N) is 1. The molecule has 2 aliphatic heterocycles. The van der Waals surface area contributed by atoms with E-state index in [1.165, 1.54) is 88.0 Å². The van der Waals surface area contributed by atoms with Crippen LogP contribution in [0.3, 0.4) is 0 Å². The molecule has 2 aliphatic rings. The number of dihydropyridines is 1. The lowest BCUT2D eigenvalue weighted by Crippen LogP contribution is -2.13. The number of allylic oxidation sites excluding steroid dienone is 4. The Balaban J connectivity index is 1.25. The molecule has 8 rings (SSSR count). The van der Waals surface area contributed by atoms with Gasteiger partial charge in [-0.2, -0.15) is 6.20 Å². The highest BCUT2D eigenvalue weighted by atomic mass is 14.8. The predicted octanol–water partition coefficient (Wildman–Crippen LogP) is 11.0. The average Bonchev–Trinajstić information content (AvgIpc) is 3.09. The third kappa shape index (κ3) is 4.51. The SMILES string of the molecule is CC1=CC[N-]C=C1c1ccc(-c2ccc3c4ccccc4c4ccc(-c5ccc(C6=C(C)C=CNC6)cc5)cc4c3c2)cc1. The van der Waals surface area contributed by atoms with Gasteiger partial charge in [0.25, 0.3) is 0 Å². The molecular weight excluding hydrogens is 532 g/mol. The molecule has 0 aliphatic carbocycles. The summed E-state index contributed by atoms with van der Waals surface area (Å²) in [6.07, 6.45) is 8.37. The molecule has 0 fully saturated rings. The second-order valence-corrected chi connectivity index (χ2v) is 11.9. The van der Waals surface area contributed by atoms with Crippen molar-refractivity contribution in [3.8, 4) is 22.3 Å². The first-order chi connectivity index (χ1) is 21.6. The average molecular weight is 566 g/mol. The highest BCUT2D eigenvalue weighted by Crippen LogP contribution is 2.39. The molecule has 2 heteroatoms. The topological polar surface area (TPSA) is 26.1 Å². The van der Waals surface area contributed by atoms with Gasteiger partial charge in [-0.15, -0.1) is 6.54 Å². The van der Waals surface area contributed by atoms with Gasteiger partial charge in [-0.3, -0.25) is 0 Å². The van der Waals surface area contributed by atoms with Gasteiger partial charge >= 0.3 is 0 Å². The van der Waals surface area contributed by atoms with Crippen molar-refractivity contribution in [1.29, 1.82) is 0 Å². The summed E-state index contributed by atoms with van der Waals surface area (Å²) < 4.78 is 0. The summed E-state index contributed by atoms with van der Waals surface area (Å²) in [5, 5.41) is 15.6. The van der Waals surface area contributed by atoms with Crippen LogP contribution < -0.4 is 5.32 Å². The Bertz CT molecular complexity index is 2210. The Labute approximate surface area is 258 Å². The fraction of sp³-hybridized carbons (Fsp3) is 0.0952. The second kappa shape index (κ2) is 10.7. The van der Waals surface area contributed by atoms with E-state index in [1.54, 1.807) is 0 Å². The number of rotatable bonds is 4. The van der Waals surface area contributed by atoms with E-state index in [-0.39, 0.29) is 0 Å². The summed E-state index contributed by atoms with van der Waals surface area (Å²) in [6.45, 7) is 5.99. The van der Waals surface area contributed by atoms with Crippen molar-refractivity contribution in [3.05, 3.63) is 161 Å². The Morgan fingerprint density at radius 1 is 0.545 bits per heavy atom. The summed E-state index contributed by atoms with van der Waals surface area (Å²) in [4.78, 5) is 0. The van der Waals surface area contributed by atoms with Crippen molar-refractivity contribution in [3.63, 3.8) is 0 Å². The number of hydrogen-bond donors (Lipinski definition) is 1. The Morgan fingerprint density at radius 2 is 1.07 bits per heavy atom. The Hall–Kier alpha value is -5.34. The molecule has 0 saturated carbocycles. The fourth-order valence-electron chi connectivity index (χ4n) is 6.78. The van der Waals surface area contributed by atoms with Crippen LogP contribution in [-0.4, -0.2) is 13.1 Å². The molecule has 44 heavy (non-hydrogen) atoms. The third-order valence-corrected chi connectivity index (χ3v) is 9.29. The van der Waals surface area contributed by atoms with Crippen LogP contribution in [0, 0.1) is 0 Å². The molecular formula is C42H33N2-. The van der Waals surface area contributed by atoms with E-state index in [0.717, 1.165) is 13.1 Å². The molecule has 0 bridgehead atoms. The van der Waals surface area contributed by atoms with Gasteiger partial charge in [0.05, 0.1) is 0 Å². The fourth-order valence-corrected chi connectivity index (χ4v) is 6.78. The van der Waals surface area contributed by atoms with Gasteiger partial charge in [0, 0.05) is 6.54 Å². The van der Waals surface area contributed by atoms with Crippen LogP contribution in [-0.2, 0) is 0 Å². The lowest BCUT2D eigenvalue weighted by atomic mass is 9.89. The molecule has 212 valence electrons. The van der Waals surface area contributed by atoms with Crippen molar-refractivity contribution < 1.29 is 0 Å². The van der Waals surface area contributed by atoms with Gasteiger partial charge in [0.1, 0.15) is 0 Å². The van der Waals surface area contributed by atoms with Crippen molar-refractivity contribution in [2.24, 2.45) is 0 Å². The highest BCUT2D eigenvalue weighted by molar-refractivity contribution is 6.26. The molecule has 2 heterocycles. The minimum atomic E-state index is 0.771. The maximum atomic E-state index is 4.47. The van der Waals surface area contributed by atoms with Crippen molar-refractivity contribution in [2.75, 3.05) is 13.1 Å². The molecule has 0 saturated heterocycles. The minimum Gasteiger partial charge on any atom is -0.687 e. The maximum absolute atomic E-state index is 4.47. The zero-order chi connectivity index (χ0) is 29.6. The largest absolute Gasteiger partial charge is 0.687 e. The zero-order valence-electron chi connectivity index (χ0n) is 25.1. The van der Waals surface area contributed by atoms with Gasteiger partial charge < -0.3 is 10.6 Å². The molecule has 0 amide bonds. The predicted molar refractivity (Wildman–Crippen MR) is 190 cm³/mol. The first-order valence-electron chi connectivity index (χ1n) is 15.4. The molecule has 0 aromatic heterocycles. The summed E-state index contributed by atoms with van der Waals surface area (Å²) in [7, 11) is 0. The zero-order valence-corrected chi connectivity index (χ0v) is 25.1. The van der Waals surface area contributed by atoms with Crippen molar-refractivity contribution in [1.82, 2.24) is 5.32 Å². The molecule has 0 radical (unpaired) electrons. The number of nitrogens with zero attached hydrogens (tertiary/aromatic N) is 1. The van der Waals surface area contributed by atoms with Crippen LogP contribution in [0.4, 0.5) is 0 Å². The van der Waals surface area contributed by atoms with Crippen molar-refractivity contribution >= 4 is 43.5 Å². The van der Waals surface area contributed by atoms with Crippen LogP contribution in [0.5, 0.6) is 0 Å². The smallest absolute Gasteiger partial charge is 0.0403 e. The Morgan fingerprint density at radius 3 is 1.64 bits per heavy atom. The van der Waals surface area contributed by atoms with E-state index in [0.29, 0.717) is 0 Å². The maximum Gasteiger partial charge on any atom is 0.0403 e. The van der Waals surface area contributed by atoms with Gasteiger partial charge in [0.15, 0.2) is 0 Å². The summed E-state index contributed by atoms with van der Waals surface area (Å²) in [5.41, 5.74) is 12.6. The van der Waals surface area contributed by atoms with E-state index in [4.69, 9.17) is 0 Å². The second-order valence-electron chi connectivity index (χ2n) is 11.9. The van der Waals surface area contributed by atoms with Gasteiger partial charge in [-0.05, 0) is 121 Å². The van der Waals surface area contributed by atoms with Crippen LogP contribution >= 0.6 is 0 Å². The standard InChI is InChI=1S/C42H33N2/c1-27-19-21-43-25-41(27)31-11-7-29(8-12-31)33-15-17-37-35-5-3-4-6-36(35)38-18-16-34(24-40(38)39(37)23-33)30-9-13-32(14-10-30)42-26-44-22-20-28(42)2/h3-21,23-24,26,43H,22,25H2,1-2H3/q-1. The van der Waals surface area contributed by atoms with E-state index in [1.807, 2.05) is 12.4 Å². The number of benzene rings is 6. The first-order valence-corrected chi connectivity index (χ1v) is 15.4. The molecule has 2 nitrogen and oxygen atoms in total. The van der Waals surface area contributed by atoms with Crippen LogP contribution in [0.2, 0.25) is 0 Å². The minimum absolute atomic E-state index is 0.771. The van der Waals surface area contributed by atoms with E-state index < -0.39 is 0 Å². The van der Waals surface area contributed by atoms with Gasteiger partial charge in [0.2, 0.25) is 0 Å².